The van der Waals surface area contributed by atoms with Crippen LogP contribution >= 0.6 is 0 Å². The molecule has 2 amide bonds. The van der Waals surface area contributed by atoms with Gasteiger partial charge in [0.2, 0.25) is 5.91 Å². The predicted octanol–water partition coefficient (Wildman–Crippen LogP) is 1.13. The summed E-state index contributed by atoms with van der Waals surface area (Å²) >= 11 is 0. The Bertz CT molecular complexity index is 544. The number of carbonyl (C=O) groups is 3. The lowest BCUT2D eigenvalue weighted by Crippen LogP contribution is -2.31. The van der Waals surface area contributed by atoms with Crippen LogP contribution in [0.4, 0.5) is 0 Å². The maximum absolute atomic E-state index is 11.9. The fourth-order valence-corrected chi connectivity index (χ4v) is 2.48. The molecule has 6 heteroatoms. The molecule has 0 aromatic heterocycles. The minimum atomic E-state index is -0.842. The SMILES string of the molecule is O=C(NCCCC(=O)N1CCC(C(=O)O)C1)c1ccccc1. The molecule has 1 saturated heterocycles. The first-order valence-corrected chi connectivity index (χ1v) is 7.42. The second kappa shape index (κ2) is 7.59. The topological polar surface area (TPSA) is 86.7 Å². The molecule has 22 heavy (non-hydrogen) atoms. The molecule has 0 radical (unpaired) electrons. The number of carboxylic acids is 1. The fraction of sp³-hybridized carbons (Fsp3) is 0.438. The normalized spacial score (nSPS) is 17.3. The van der Waals surface area contributed by atoms with Crippen LogP contribution in [0.5, 0.6) is 0 Å². The van der Waals surface area contributed by atoms with E-state index in [9.17, 15) is 14.4 Å². The number of rotatable bonds is 6. The van der Waals surface area contributed by atoms with Gasteiger partial charge >= 0.3 is 5.97 Å². The largest absolute Gasteiger partial charge is 0.481 e. The van der Waals surface area contributed by atoms with Crippen molar-refractivity contribution in [3.8, 4) is 0 Å². The van der Waals surface area contributed by atoms with Gasteiger partial charge in [0.1, 0.15) is 0 Å². The monoisotopic (exact) mass is 304 g/mol. The lowest BCUT2D eigenvalue weighted by molar-refractivity contribution is -0.141. The number of carbonyl (C=O) groups excluding carboxylic acids is 2. The molecule has 0 bridgehead atoms. The molecule has 1 unspecified atom stereocenters. The Kier molecular flexibility index (Phi) is 5.52. The molecule has 0 spiro atoms. The number of nitrogens with one attached hydrogen (secondary N) is 1. The number of nitrogens with zero attached hydrogens (tertiary/aromatic N) is 1. The van der Waals surface area contributed by atoms with Crippen LogP contribution < -0.4 is 5.32 Å². The molecule has 1 aliphatic heterocycles. The minimum absolute atomic E-state index is 0.0438. The van der Waals surface area contributed by atoms with E-state index in [2.05, 4.69) is 5.32 Å². The van der Waals surface area contributed by atoms with Gasteiger partial charge in [-0.25, -0.2) is 0 Å². The molecule has 1 aromatic carbocycles. The van der Waals surface area contributed by atoms with Crippen molar-refractivity contribution < 1.29 is 19.5 Å². The first-order valence-electron chi connectivity index (χ1n) is 7.42. The molecule has 1 heterocycles. The van der Waals surface area contributed by atoms with Crippen LogP contribution in [0.3, 0.4) is 0 Å². The van der Waals surface area contributed by atoms with E-state index < -0.39 is 11.9 Å². The summed E-state index contributed by atoms with van der Waals surface area (Å²) < 4.78 is 0. The molecular weight excluding hydrogens is 284 g/mol. The molecule has 1 aromatic rings. The van der Waals surface area contributed by atoms with Crippen LogP contribution in [-0.4, -0.2) is 47.4 Å². The summed E-state index contributed by atoms with van der Waals surface area (Å²) in [5, 5.41) is 11.7. The van der Waals surface area contributed by atoms with Crippen LogP contribution in [-0.2, 0) is 9.59 Å². The van der Waals surface area contributed by atoms with Gasteiger partial charge in [0, 0.05) is 31.6 Å². The third-order valence-electron chi connectivity index (χ3n) is 3.78. The predicted molar refractivity (Wildman–Crippen MR) is 80.3 cm³/mol. The molecule has 6 nitrogen and oxygen atoms in total. The van der Waals surface area contributed by atoms with E-state index in [0.717, 1.165) is 0 Å². The standard InChI is InChI=1S/C16H20N2O4/c19-14(18-10-8-13(11-18)16(21)22)7-4-9-17-15(20)12-5-2-1-3-6-12/h1-3,5-6,13H,4,7-11H2,(H,17,20)(H,21,22). The summed E-state index contributed by atoms with van der Waals surface area (Å²) in [6.07, 6.45) is 1.39. The van der Waals surface area contributed by atoms with Gasteiger partial charge in [-0.3, -0.25) is 14.4 Å². The highest BCUT2D eigenvalue weighted by atomic mass is 16.4. The van der Waals surface area contributed by atoms with Crippen molar-refractivity contribution in [2.75, 3.05) is 19.6 Å². The zero-order valence-electron chi connectivity index (χ0n) is 12.3. The highest BCUT2D eigenvalue weighted by Crippen LogP contribution is 2.17. The van der Waals surface area contributed by atoms with Crippen molar-refractivity contribution in [1.82, 2.24) is 10.2 Å². The number of carboxylic acid groups (broad SMARTS) is 1. The smallest absolute Gasteiger partial charge is 0.308 e. The van der Waals surface area contributed by atoms with Gasteiger partial charge in [-0.1, -0.05) is 18.2 Å². The number of aliphatic carboxylic acids is 1. The molecule has 2 N–H and O–H groups in total. The van der Waals surface area contributed by atoms with Gasteiger partial charge in [-0.2, -0.15) is 0 Å². The van der Waals surface area contributed by atoms with Crippen molar-refractivity contribution >= 4 is 17.8 Å². The molecule has 1 atom stereocenters. The molecule has 2 rings (SSSR count). The van der Waals surface area contributed by atoms with Crippen molar-refractivity contribution in [3.63, 3.8) is 0 Å². The molecule has 1 fully saturated rings. The Hall–Kier alpha value is -2.37. The van der Waals surface area contributed by atoms with Crippen molar-refractivity contribution in [3.05, 3.63) is 35.9 Å². The Morgan fingerprint density at radius 1 is 1.23 bits per heavy atom. The first kappa shape index (κ1) is 16.0. The van der Waals surface area contributed by atoms with Crippen molar-refractivity contribution in [2.24, 2.45) is 5.92 Å². The number of amides is 2. The van der Waals surface area contributed by atoms with E-state index in [4.69, 9.17) is 5.11 Å². The maximum atomic E-state index is 11.9. The molecule has 1 aliphatic rings. The highest BCUT2D eigenvalue weighted by molar-refractivity contribution is 5.94. The Morgan fingerprint density at radius 2 is 1.95 bits per heavy atom. The Labute approximate surface area is 129 Å². The molecular formula is C16H20N2O4. The van der Waals surface area contributed by atoms with E-state index in [1.807, 2.05) is 6.07 Å². The van der Waals surface area contributed by atoms with Gasteiger partial charge in [0.15, 0.2) is 0 Å². The van der Waals surface area contributed by atoms with E-state index in [1.54, 1.807) is 29.2 Å². The van der Waals surface area contributed by atoms with E-state index in [0.29, 0.717) is 44.5 Å². The summed E-state index contributed by atoms with van der Waals surface area (Å²) in [4.78, 5) is 36.2. The van der Waals surface area contributed by atoms with Gasteiger partial charge in [0.25, 0.3) is 5.91 Å². The molecule has 0 aliphatic carbocycles. The summed E-state index contributed by atoms with van der Waals surface area (Å²) in [5.74, 6) is -1.48. The van der Waals surface area contributed by atoms with Crippen LogP contribution in [0, 0.1) is 5.92 Å². The van der Waals surface area contributed by atoms with Gasteiger partial charge in [0.05, 0.1) is 5.92 Å². The average molecular weight is 304 g/mol. The van der Waals surface area contributed by atoms with Gasteiger partial charge in [-0.05, 0) is 25.0 Å². The maximum Gasteiger partial charge on any atom is 0.308 e. The van der Waals surface area contributed by atoms with E-state index in [-0.39, 0.29) is 11.8 Å². The van der Waals surface area contributed by atoms with Crippen molar-refractivity contribution in [1.29, 1.82) is 0 Å². The van der Waals surface area contributed by atoms with Crippen molar-refractivity contribution in [2.45, 2.75) is 19.3 Å². The molecule has 118 valence electrons. The zero-order chi connectivity index (χ0) is 15.9. The van der Waals surface area contributed by atoms with Crippen LogP contribution in [0.25, 0.3) is 0 Å². The summed E-state index contributed by atoms with van der Waals surface area (Å²) in [5.41, 5.74) is 0.595. The summed E-state index contributed by atoms with van der Waals surface area (Å²) in [6, 6.07) is 8.90. The summed E-state index contributed by atoms with van der Waals surface area (Å²) in [7, 11) is 0. The number of hydrogen-bond acceptors (Lipinski definition) is 3. The summed E-state index contributed by atoms with van der Waals surface area (Å²) in [6.45, 7) is 1.23. The van der Waals surface area contributed by atoms with Gasteiger partial charge in [-0.15, -0.1) is 0 Å². The minimum Gasteiger partial charge on any atom is -0.481 e. The van der Waals surface area contributed by atoms with E-state index in [1.165, 1.54) is 0 Å². The van der Waals surface area contributed by atoms with Crippen LogP contribution in [0.1, 0.15) is 29.6 Å². The lowest BCUT2D eigenvalue weighted by atomic mass is 10.1. The van der Waals surface area contributed by atoms with Gasteiger partial charge < -0.3 is 15.3 Å². The third kappa shape index (κ3) is 4.31. The number of benzene rings is 1. The fourth-order valence-electron chi connectivity index (χ4n) is 2.48. The molecule has 0 saturated carbocycles. The average Bonchev–Trinajstić information content (AvgIpc) is 3.02. The number of likely N-dealkylation sites (tertiary alicyclic amines) is 1. The second-order valence-corrected chi connectivity index (χ2v) is 5.39. The quantitative estimate of drug-likeness (QED) is 0.771. The van der Waals surface area contributed by atoms with Crippen LogP contribution in [0.15, 0.2) is 30.3 Å². The van der Waals surface area contributed by atoms with Crippen LogP contribution in [0.2, 0.25) is 0 Å². The Balaban J connectivity index is 1.66. The zero-order valence-corrected chi connectivity index (χ0v) is 12.3. The lowest BCUT2D eigenvalue weighted by Gasteiger charge is -2.15. The van der Waals surface area contributed by atoms with E-state index >= 15 is 0 Å². The highest BCUT2D eigenvalue weighted by Gasteiger charge is 2.30. The third-order valence-corrected chi connectivity index (χ3v) is 3.78. The Morgan fingerprint density at radius 3 is 2.59 bits per heavy atom. The second-order valence-electron chi connectivity index (χ2n) is 5.39. The first-order chi connectivity index (χ1) is 10.6. The number of hydrogen-bond donors (Lipinski definition) is 2.